The molecule has 0 atom stereocenters. The van der Waals surface area contributed by atoms with Crippen molar-refractivity contribution in [3.63, 3.8) is 0 Å². The largest absolute Gasteiger partial charge is 0.324 e. The molecule has 4 nitrogen and oxygen atoms in total. The highest BCUT2D eigenvalue weighted by molar-refractivity contribution is 7.13. The van der Waals surface area contributed by atoms with E-state index in [4.69, 9.17) is 0 Å². The van der Waals surface area contributed by atoms with Crippen LogP contribution in [0.4, 0.5) is 9.39 Å². The third-order valence-electron chi connectivity index (χ3n) is 4.37. The molecule has 1 aliphatic heterocycles. The number of benzene rings is 1. The normalized spacial score (nSPS) is 16.6. The average Bonchev–Trinajstić information content (AvgIpc) is 3.00. The van der Waals surface area contributed by atoms with E-state index < -0.39 is 0 Å². The van der Waals surface area contributed by atoms with Crippen LogP contribution in [0, 0.1) is 21.8 Å². The second-order valence-corrected chi connectivity index (χ2v) is 6.99. The third kappa shape index (κ3) is 4.36. The van der Waals surface area contributed by atoms with Crippen molar-refractivity contribution in [3.8, 4) is 0 Å². The molecule has 1 aromatic carbocycles. The van der Waals surface area contributed by atoms with Gasteiger partial charge in [-0.3, -0.25) is 15.0 Å². The molecule has 23 heavy (non-hydrogen) atoms. The lowest BCUT2D eigenvalue weighted by molar-refractivity contribution is -0.380. The number of hydrogen-bond acceptors (Lipinski definition) is 4. The summed E-state index contributed by atoms with van der Waals surface area (Å²) in [7, 11) is 0. The summed E-state index contributed by atoms with van der Waals surface area (Å²) in [6, 6.07) is 8.45. The Morgan fingerprint density at radius 1 is 1.22 bits per heavy atom. The van der Waals surface area contributed by atoms with Crippen LogP contribution in [0.25, 0.3) is 0 Å². The molecule has 0 saturated carbocycles. The fourth-order valence-corrected chi connectivity index (χ4v) is 3.82. The summed E-state index contributed by atoms with van der Waals surface area (Å²) in [6.07, 6.45) is 3.23. The fraction of sp³-hybridized carbons (Fsp3) is 0.412. The minimum atomic E-state index is -0.330. The number of piperidine rings is 1. The van der Waals surface area contributed by atoms with E-state index in [1.807, 2.05) is 17.5 Å². The van der Waals surface area contributed by atoms with Crippen molar-refractivity contribution >= 4 is 16.3 Å². The molecule has 0 unspecified atom stereocenters. The van der Waals surface area contributed by atoms with Gasteiger partial charge in [-0.15, -0.1) is 0 Å². The van der Waals surface area contributed by atoms with Crippen LogP contribution in [0.5, 0.6) is 0 Å². The standard InChI is InChI=1S/C17H19FN2O2S/c18-16-3-1-13(2-4-16)9-14-5-7-19(8-6-14)11-15-10-17(20(21)22)23-12-15/h1-4,10,12,14H,5-9,11H2. The Balaban J connectivity index is 1.48. The van der Waals surface area contributed by atoms with Gasteiger partial charge < -0.3 is 0 Å². The number of nitrogens with zero attached hydrogens (tertiary/aromatic N) is 2. The summed E-state index contributed by atoms with van der Waals surface area (Å²) >= 11 is 1.19. The zero-order chi connectivity index (χ0) is 16.2. The van der Waals surface area contributed by atoms with E-state index in [0.29, 0.717) is 5.92 Å². The minimum absolute atomic E-state index is 0.187. The Hall–Kier alpha value is -1.79. The summed E-state index contributed by atoms with van der Waals surface area (Å²) in [6.45, 7) is 2.80. The van der Waals surface area contributed by atoms with Gasteiger partial charge >= 0.3 is 5.00 Å². The number of rotatable bonds is 5. The number of nitro groups is 1. The zero-order valence-electron chi connectivity index (χ0n) is 12.8. The average molecular weight is 334 g/mol. The maximum Gasteiger partial charge on any atom is 0.324 e. The van der Waals surface area contributed by atoms with Gasteiger partial charge in [-0.2, -0.15) is 0 Å². The van der Waals surface area contributed by atoms with Crippen molar-refractivity contribution < 1.29 is 9.31 Å². The molecule has 1 fully saturated rings. The first-order valence-corrected chi connectivity index (χ1v) is 8.67. The van der Waals surface area contributed by atoms with Gasteiger partial charge in [0.25, 0.3) is 0 Å². The zero-order valence-corrected chi connectivity index (χ0v) is 13.6. The highest BCUT2D eigenvalue weighted by Crippen LogP contribution is 2.26. The summed E-state index contributed by atoms with van der Waals surface area (Å²) < 4.78 is 12.9. The van der Waals surface area contributed by atoms with Crippen molar-refractivity contribution in [3.05, 3.63) is 62.8 Å². The maximum absolute atomic E-state index is 12.9. The van der Waals surface area contributed by atoms with Crippen LogP contribution in [-0.2, 0) is 13.0 Å². The summed E-state index contributed by atoms with van der Waals surface area (Å²) in [5, 5.41) is 12.8. The van der Waals surface area contributed by atoms with Crippen molar-refractivity contribution in [1.29, 1.82) is 0 Å². The van der Waals surface area contributed by atoms with E-state index in [0.717, 1.165) is 44.5 Å². The van der Waals surface area contributed by atoms with Gasteiger partial charge in [-0.25, -0.2) is 4.39 Å². The Morgan fingerprint density at radius 2 is 1.91 bits per heavy atom. The van der Waals surface area contributed by atoms with Gasteiger partial charge in [0.05, 0.1) is 4.92 Å². The molecule has 122 valence electrons. The molecule has 1 saturated heterocycles. The molecule has 0 aliphatic carbocycles. The molecule has 0 radical (unpaired) electrons. The highest BCUT2D eigenvalue weighted by Gasteiger charge is 2.20. The minimum Gasteiger partial charge on any atom is -0.299 e. The van der Waals surface area contributed by atoms with E-state index in [1.54, 1.807) is 6.07 Å². The molecule has 2 aromatic rings. The highest BCUT2D eigenvalue weighted by atomic mass is 32.1. The monoisotopic (exact) mass is 334 g/mol. The Bertz CT molecular complexity index is 663. The van der Waals surface area contributed by atoms with E-state index in [2.05, 4.69) is 4.90 Å². The molecule has 3 rings (SSSR count). The van der Waals surface area contributed by atoms with Gasteiger partial charge in [-0.1, -0.05) is 23.5 Å². The van der Waals surface area contributed by atoms with Crippen LogP contribution in [0.15, 0.2) is 35.7 Å². The predicted octanol–water partition coefficient (Wildman–Crippen LogP) is 4.25. The molecular formula is C17H19FN2O2S. The van der Waals surface area contributed by atoms with Crippen molar-refractivity contribution in [2.75, 3.05) is 13.1 Å². The van der Waals surface area contributed by atoms with E-state index >= 15 is 0 Å². The molecule has 1 aromatic heterocycles. The lowest BCUT2D eigenvalue weighted by atomic mass is 9.90. The Labute approximate surface area is 138 Å². The van der Waals surface area contributed by atoms with Crippen molar-refractivity contribution in [2.24, 2.45) is 5.92 Å². The van der Waals surface area contributed by atoms with E-state index in [1.165, 1.54) is 29.0 Å². The molecule has 2 heterocycles. The SMILES string of the molecule is O=[N+]([O-])c1cc(CN2CCC(Cc3ccc(F)cc3)CC2)cs1. The van der Waals surface area contributed by atoms with Crippen LogP contribution in [0.2, 0.25) is 0 Å². The summed E-state index contributed by atoms with van der Waals surface area (Å²) in [5.74, 6) is 0.446. The third-order valence-corrected chi connectivity index (χ3v) is 5.30. The van der Waals surface area contributed by atoms with Gasteiger partial charge in [0, 0.05) is 18.0 Å². The molecule has 1 aliphatic rings. The predicted molar refractivity (Wildman–Crippen MR) is 89.1 cm³/mol. The van der Waals surface area contributed by atoms with Crippen LogP contribution in [-0.4, -0.2) is 22.9 Å². The van der Waals surface area contributed by atoms with Crippen LogP contribution in [0.1, 0.15) is 24.0 Å². The molecular weight excluding hydrogens is 315 g/mol. The van der Waals surface area contributed by atoms with Gasteiger partial charge in [0.15, 0.2) is 0 Å². The van der Waals surface area contributed by atoms with E-state index in [9.17, 15) is 14.5 Å². The van der Waals surface area contributed by atoms with E-state index in [-0.39, 0.29) is 15.7 Å². The summed E-state index contributed by atoms with van der Waals surface area (Å²) in [5.41, 5.74) is 2.22. The number of hydrogen-bond donors (Lipinski definition) is 0. The Morgan fingerprint density at radius 3 is 2.52 bits per heavy atom. The van der Waals surface area contributed by atoms with Crippen LogP contribution < -0.4 is 0 Å². The van der Waals surface area contributed by atoms with Crippen LogP contribution in [0.3, 0.4) is 0 Å². The molecule has 0 bridgehead atoms. The van der Waals surface area contributed by atoms with Crippen molar-refractivity contribution in [1.82, 2.24) is 4.90 Å². The molecule has 0 N–H and O–H groups in total. The molecule has 0 amide bonds. The topological polar surface area (TPSA) is 46.4 Å². The Kier molecular flexibility index (Phi) is 5.03. The number of halogens is 1. The van der Waals surface area contributed by atoms with Gasteiger partial charge in [0.2, 0.25) is 0 Å². The molecule has 6 heteroatoms. The maximum atomic E-state index is 12.9. The first-order valence-electron chi connectivity index (χ1n) is 7.79. The van der Waals surface area contributed by atoms with Crippen molar-refractivity contribution in [2.45, 2.75) is 25.8 Å². The lowest BCUT2D eigenvalue weighted by Crippen LogP contribution is -2.33. The quantitative estimate of drug-likeness (QED) is 0.606. The summed E-state index contributed by atoms with van der Waals surface area (Å²) in [4.78, 5) is 12.7. The fourth-order valence-electron chi connectivity index (χ4n) is 3.10. The first-order chi connectivity index (χ1) is 11.1. The second kappa shape index (κ2) is 7.19. The number of thiophene rings is 1. The van der Waals surface area contributed by atoms with Gasteiger partial charge in [0.1, 0.15) is 5.82 Å². The van der Waals surface area contributed by atoms with Crippen LogP contribution >= 0.6 is 11.3 Å². The lowest BCUT2D eigenvalue weighted by Gasteiger charge is -2.31. The second-order valence-electron chi connectivity index (χ2n) is 6.10. The number of likely N-dealkylation sites (tertiary alicyclic amines) is 1. The van der Waals surface area contributed by atoms with Gasteiger partial charge in [-0.05, 0) is 61.5 Å². The molecule has 0 spiro atoms. The first kappa shape index (κ1) is 16.1. The smallest absolute Gasteiger partial charge is 0.299 e.